The van der Waals surface area contributed by atoms with Crippen LogP contribution in [0, 0.1) is 0 Å². The molecule has 0 spiro atoms. The third-order valence-corrected chi connectivity index (χ3v) is 5.44. The van der Waals surface area contributed by atoms with Gasteiger partial charge in [0, 0.05) is 26.0 Å². The van der Waals surface area contributed by atoms with Crippen LogP contribution in [0.4, 0.5) is 12.0 Å². The van der Waals surface area contributed by atoms with Crippen molar-refractivity contribution >= 4 is 40.1 Å². The summed E-state index contributed by atoms with van der Waals surface area (Å²) >= 11 is 0. The highest BCUT2D eigenvalue weighted by Crippen LogP contribution is 2.28. The second-order valence-electron chi connectivity index (χ2n) is 7.62. The Bertz CT molecular complexity index is 1270. The van der Waals surface area contributed by atoms with E-state index in [4.69, 9.17) is 18.6 Å². The molecule has 0 unspecified atom stereocenters. The van der Waals surface area contributed by atoms with Gasteiger partial charge in [-0.3, -0.25) is 5.32 Å². The van der Waals surface area contributed by atoms with Crippen molar-refractivity contribution in [1.29, 1.82) is 0 Å². The third-order valence-electron chi connectivity index (χ3n) is 5.44. The number of hydrogen-bond donors (Lipinski definition) is 1. The van der Waals surface area contributed by atoms with E-state index in [9.17, 15) is 4.79 Å². The molecule has 0 saturated carbocycles. The van der Waals surface area contributed by atoms with E-state index < -0.39 is 0 Å². The molecule has 4 aromatic rings. The van der Waals surface area contributed by atoms with E-state index >= 15 is 0 Å². The van der Waals surface area contributed by atoms with E-state index in [1.165, 1.54) is 0 Å². The lowest BCUT2D eigenvalue weighted by molar-refractivity contribution is 0.0256. The molecule has 1 N–H and O–H groups in total. The molecule has 1 aliphatic rings. The first-order valence-corrected chi connectivity index (χ1v) is 10.7. The first-order valence-electron chi connectivity index (χ1n) is 10.7. The van der Waals surface area contributed by atoms with Crippen molar-refractivity contribution in [3.8, 4) is 5.75 Å². The first-order chi connectivity index (χ1) is 15.6. The highest BCUT2D eigenvalue weighted by atomic mass is 16.5. The van der Waals surface area contributed by atoms with Crippen molar-refractivity contribution in [2.24, 2.45) is 7.05 Å². The molecule has 9 nitrogen and oxygen atoms in total. The van der Waals surface area contributed by atoms with Gasteiger partial charge >= 0.3 is 12.0 Å². The summed E-state index contributed by atoms with van der Waals surface area (Å²) in [5.41, 5.74) is 3.34. The Kier molecular flexibility index (Phi) is 5.40. The monoisotopic (exact) mass is 436 g/mol. The van der Waals surface area contributed by atoms with Gasteiger partial charge in [0.1, 0.15) is 17.4 Å². The molecule has 0 bridgehead atoms. The smallest absolute Gasteiger partial charge is 0.338 e. The summed E-state index contributed by atoms with van der Waals surface area (Å²) in [5.74, 6) is 0.930. The quantitative estimate of drug-likeness (QED) is 0.449. The molecule has 1 aliphatic heterocycles. The zero-order chi connectivity index (χ0) is 22.1. The van der Waals surface area contributed by atoms with Gasteiger partial charge < -0.3 is 23.2 Å². The molecule has 166 valence electrons. The minimum atomic E-state index is -0.368. The van der Waals surface area contributed by atoms with Crippen LogP contribution in [0.15, 0.2) is 40.8 Å². The molecule has 1 fully saturated rings. The van der Waals surface area contributed by atoms with Gasteiger partial charge in [-0.05, 0) is 37.3 Å². The van der Waals surface area contributed by atoms with Crippen LogP contribution in [0.25, 0.3) is 22.1 Å². The van der Waals surface area contributed by atoms with Crippen molar-refractivity contribution in [3.05, 3.63) is 42.0 Å². The number of imidazole rings is 1. The summed E-state index contributed by atoms with van der Waals surface area (Å²) in [6, 6.07) is 11.2. The Morgan fingerprint density at radius 3 is 2.81 bits per heavy atom. The van der Waals surface area contributed by atoms with Crippen molar-refractivity contribution in [2.75, 3.05) is 25.1 Å². The number of rotatable bonds is 6. The Labute approximate surface area is 184 Å². The SMILES string of the molecule is CCOC(=O)c1ccc2c(c1)nc(Nc1nc3ccc(OC4CCOCC4)cc3o1)n2C. The fourth-order valence-corrected chi connectivity index (χ4v) is 3.77. The van der Waals surface area contributed by atoms with Crippen LogP contribution in [0.3, 0.4) is 0 Å². The normalized spacial score (nSPS) is 14.7. The number of ether oxygens (including phenoxy) is 3. The van der Waals surface area contributed by atoms with Gasteiger partial charge in [-0.2, -0.15) is 4.98 Å². The van der Waals surface area contributed by atoms with Crippen molar-refractivity contribution < 1.29 is 23.4 Å². The summed E-state index contributed by atoms with van der Waals surface area (Å²) in [6.45, 7) is 3.55. The number of carbonyl (C=O) groups is 1. The lowest BCUT2D eigenvalue weighted by Crippen LogP contribution is -2.25. The molecule has 0 atom stereocenters. The van der Waals surface area contributed by atoms with E-state index in [2.05, 4.69) is 15.3 Å². The maximum absolute atomic E-state index is 12.0. The van der Waals surface area contributed by atoms with Gasteiger partial charge in [-0.25, -0.2) is 9.78 Å². The standard InChI is InChI=1S/C23H24N4O5/c1-3-30-21(28)14-4-7-19-18(12-14)24-22(27(19)2)26-23-25-17-6-5-16(13-20(17)32-23)31-15-8-10-29-11-9-15/h4-7,12-13,15H,3,8-11H2,1-2H3,(H,24,25,26). The average Bonchev–Trinajstić information content (AvgIpc) is 3.34. The van der Waals surface area contributed by atoms with Crippen LogP contribution in [0.2, 0.25) is 0 Å². The summed E-state index contributed by atoms with van der Waals surface area (Å²) < 4.78 is 24.3. The summed E-state index contributed by atoms with van der Waals surface area (Å²) in [4.78, 5) is 21.1. The van der Waals surface area contributed by atoms with Gasteiger partial charge in [0.25, 0.3) is 0 Å². The van der Waals surface area contributed by atoms with Crippen LogP contribution < -0.4 is 10.1 Å². The minimum absolute atomic E-state index is 0.154. The fourth-order valence-electron chi connectivity index (χ4n) is 3.77. The number of anilines is 2. The highest BCUT2D eigenvalue weighted by Gasteiger charge is 2.17. The van der Waals surface area contributed by atoms with E-state index in [0.717, 1.165) is 42.8 Å². The van der Waals surface area contributed by atoms with Crippen LogP contribution in [0.5, 0.6) is 5.75 Å². The molecule has 9 heteroatoms. The predicted molar refractivity (Wildman–Crippen MR) is 118 cm³/mol. The van der Waals surface area contributed by atoms with Crippen molar-refractivity contribution in [3.63, 3.8) is 0 Å². The Balaban J connectivity index is 1.37. The van der Waals surface area contributed by atoms with Crippen LogP contribution in [-0.4, -0.2) is 46.4 Å². The molecular formula is C23H24N4O5. The number of nitrogens with one attached hydrogen (secondary N) is 1. The summed E-state index contributed by atoms with van der Waals surface area (Å²) in [5, 5.41) is 3.13. The number of aromatic nitrogens is 3. The highest BCUT2D eigenvalue weighted by molar-refractivity contribution is 5.94. The molecule has 32 heavy (non-hydrogen) atoms. The first kappa shape index (κ1) is 20.3. The number of benzene rings is 2. The number of hydrogen-bond acceptors (Lipinski definition) is 8. The Morgan fingerprint density at radius 2 is 2.00 bits per heavy atom. The molecule has 5 rings (SSSR count). The second kappa shape index (κ2) is 8.51. The molecule has 0 radical (unpaired) electrons. The lowest BCUT2D eigenvalue weighted by Gasteiger charge is -2.23. The van der Waals surface area contributed by atoms with E-state index in [-0.39, 0.29) is 12.1 Å². The maximum Gasteiger partial charge on any atom is 0.338 e. The summed E-state index contributed by atoms with van der Waals surface area (Å²) in [6.07, 6.45) is 1.92. The van der Waals surface area contributed by atoms with Crippen molar-refractivity contribution in [2.45, 2.75) is 25.9 Å². The van der Waals surface area contributed by atoms with Gasteiger partial charge in [-0.1, -0.05) is 0 Å². The zero-order valence-electron chi connectivity index (χ0n) is 18.0. The molecule has 2 aromatic carbocycles. The second-order valence-corrected chi connectivity index (χ2v) is 7.62. The zero-order valence-corrected chi connectivity index (χ0v) is 18.0. The van der Waals surface area contributed by atoms with Crippen LogP contribution in [-0.2, 0) is 16.5 Å². The molecule has 3 heterocycles. The van der Waals surface area contributed by atoms with Crippen LogP contribution in [0.1, 0.15) is 30.1 Å². The summed E-state index contributed by atoms with van der Waals surface area (Å²) in [7, 11) is 1.88. The Morgan fingerprint density at radius 1 is 1.16 bits per heavy atom. The van der Waals surface area contributed by atoms with Crippen molar-refractivity contribution in [1.82, 2.24) is 14.5 Å². The molecule has 1 saturated heterocycles. The minimum Gasteiger partial charge on any atom is -0.490 e. The maximum atomic E-state index is 12.0. The van der Waals surface area contributed by atoms with Gasteiger partial charge in [0.15, 0.2) is 5.58 Å². The number of aryl methyl sites for hydroxylation is 1. The van der Waals surface area contributed by atoms with E-state index in [1.54, 1.807) is 19.1 Å². The molecule has 0 amide bonds. The van der Waals surface area contributed by atoms with E-state index in [1.807, 2.05) is 35.9 Å². The topological polar surface area (TPSA) is 101 Å². The number of fused-ring (bicyclic) bond motifs is 2. The van der Waals surface area contributed by atoms with Crippen LogP contribution >= 0.6 is 0 Å². The largest absolute Gasteiger partial charge is 0.490 e. The predicted octanol–water partition coefficient (Wildman–Crippen LogP) is 4.19. The molecule has 0 aliphatic carbocycles. The number of nitrogens with zero attached hydrogens (tertiary/aromatic N) is 3. The van der Waals surface area contributed by atoms with E-state index in [0.29, 0.717) is 35.2 Å². The fraction of sp³-hybridized carbons (Fsp3) is 0.348. The van der Waals surface area contributed by atoms with Gasteiger partial charge in [0.2, 0.25) is 5.95 Å². The number of carbonyl (C=O) groups excluding carboxylic acids is 1. The third kappa shape index (κ3) is 3.99. The lowest BCUT2D eigenvalue weighted by atomic mass is 10.1. The molecular weight excluding hydrogens is 412 g/mol. The average molecular weight is 436 g/mol. The number of oxazole rings is 1. The Hall–Kier alpha value is -3.59. The van der Waals surface area contributed by atoms with Gasteiger partial charge in [0.05, 0.1) is 36.4 Å². The number of esters is 1. The molecule has 2 aromatic heterocycles. The van der Waals surface area contributed by atoms with Gasteiger partial charge in [-0.15, -0.1) is 0 Å².